The quantitative estimate of drug-likeness (QED) is 0.338. The number of anilines is 1. The zero-order valence-corrected chi connectivity index (χ0v) is 18.4. The molecule has 0 aliphatic rings. The Morgan fingerprint density at radius 3 is 2.68 bits per heavy atom. The fraction of sp³-hybridized carbons (Fsp3) is 0.182. The summed E-state index contributed by atoms with van der Waals surface area (Å²) < 4.78 is 3.26. The average Bonchev–Trinajstić information content (AvgIpc) is 3.18. The van der Waals surface area contributed by atoms with Gasteiger partial charge in [0.25, 0.3) is 5.56 Å². The van der Waals surface area contributed by atoms with Crippen LogP contribution in [0.2, 0.25) is 5.02 Å². The van der Waals surface area contributed by atoms with Gasteiger partial charge in [-0.05, 0) is 30.7 Å². The highest BCUT2D eigenvalue weighted by molar-refractivity contribution is 7.99. The highest BCUT2D eigenvalue weighted by atomic mass is 35.5. The number of fused-ring (bicyclic) bond motifs is 1. The molecule has 0 unspecified atom stereocenters. The van der Waals surface area contributed by atoms with Crippen molar-refractivity contribution in [3.05, 3.63) is 81.9 Å². The van der Waals surface area contributed by atoms with Crippen LogP contribution in [0.1, 0.15) is 5.56 Å². The third kappa shape index (κ3) is 4.98. The summed E-state index contributed by atoms with van der Waals surface area (Å²) in [6.07, 6.45) is 3.25. The minimum atomic E-state index is -0.160. The highest BCUT2D eigenvalue weighted by Gasteiger charge is 2.14. The van der Waals surface area contributed by atoms with Gasteiger partial charge in [0.2, 0.25) is 5.91 Å². The Morgan fingerprint density at radius 2 is 1.90 bits per heavy atom. The van der Waals surface area contributed by atoms with Gasteiger partial charge in [0, 0.05) is 18.4 Å². The Morgan fingerprint density at radius 1 is 1.13 bits per heavy atom. The van der Waals surface area contributed by atoms with Gasteiger partial charge in [-0.25, -0.2) is 4.98 Å². The number of nitrogens with zero attached hydrogens (tertiary/aromatic N) is 4. The van der Waals surface area contributed by atoms with Crippen LogP contribution in [0.4, 0.5) is 5.69 Å². The van der Waals surface area contributed by atoms with Crippen molar-refractivity contribution in [2.24, 2.45) is 0 Å². The molecule has 31 heavy (non-hydrogen) atoms. The predicted octanol–water partition coefficient (Wildman–Crippen LogP) is 3.99. The van der Waals surface area contributed by atoms with E-state index >= 15 is 0 Å². The molecule has 0 aliphatic heterocycles. The minimum absolute atomic E-state index is 0.132. The molecule has 1 amide bonds. The van der Waals surface area contributed by atoms with Gasteiger partial charge in [0.1, 0.15) is 0 Å². The SMILES string of the molecule is Cc1ccccc1NC(=O)CSc1nc2ccccc2c(=O)n1CCn1cc(Cl)cn1. The fourth-order valence-corrected chi connectivity index (χ4v) is 4.13. The Kier molecular flexibility index (Phi) is 6.39. The largest absolute Gasteiger partial charge is 0.325 e. The molecule has 9 heteroatoms. The van der Waals surface area contributed by atoms with E-state index in [-0.39, 0.29) is 17.2 Å². The fourth-order valence-electron chi connectivity index (χ4n) is 3.15. The van der Waals surface area contributed by atoms with E-state index in [9.17, 15) is 9.59 Å². The lowest BCUT2D eigenvalue weighted by Crippen LogP contribution is -2.26. The molecule has 0 saturated carbocycles. The van der Waals surface area contributed by atoms with E-state index in [1.807, 2.05) is 43.3 Å². The summed E-state index contributed by atoms with van der Waals surface area (Å²) in [5.74, 6) is -0.0284. The van der Waals surface area contributed by atoms with Crippen LogP contribution < -0.4 is 10.9 Å². The summed E-state index contributed by atoms with van der Waals surface area (Å²) in [5.41, 5.74) is 2.21. The lowest BCUT2D eigenvalue weighted by atomic mass is 10.2. The average molecular weight is 454 g/mol. The van der Waals surface area contributed by atoms with Gasteiger partial charge in [-0.3, -0.25) is 18.8 Å². The third-order valence-electron chi connectivity index (χ3n) is 4.73. The summed E-state index contributed by atoms with van der Waals surface area (Å²) in [5, 5.41) is 8.63. The molecule has 0 spiro atoms. The van der Waals surface area contributed by atoms with E-state index in [1.54, 1.807) is 33.8 Å². The molecule has 1 N–H and O–H groups in total. The second-order valence-electron chi connectivity index (χ2n) is 6.94. The smallest absolute Gasteiger partial charge is 0.262 e. The molecule has 0 bridgehead atoms. The van der Waals surface area contributed by atoms with Crippen LogP contribution in [0.3, 0.4) is 0 Å². The number of hydrogen-bond acceptors (Lipinski definition) is 5. The number of hydrogen-bond donors (Lipinski definition) is 1. The van der Waals surface area contributed by atoms with Crippen molar-refractivity contribution in [2.75, 3.05) is 11.1 Å². The van der Waals surface area contributed by atoms with Crippen molar-refractivity contribution in [1.82, 2.24) is 19.3 Å². The van der Waals surface area contributed by atoms with E-state index in [4.69, 9.17) is 11.6 Å². The number of halogens is 1. The molecule has 0 saturated heterocycles. The molecule has 0 aliphatic carbocycles. The summed E-state index contributed by atoms with van der Waals surface area (Å²) in [6, 6.07) is 14.8. The number of thioether (sulfide) groups is 1. The zero-order chi connectivity index (χ0) is 21.8. The van der Waals surface area contributed by atoms with Gasteiger partial charge in [-0.1, -0.05) is 53.7 Å². The van der Waals surface area contributed by atoms with Crippen LogP contribution in [-0.2, 0) is 17.9 Å². The molecular formula is C22H20ClN5O2S. The maximum Gasteiger partial charge on any atom is 0.262 e. The number of benzene rings is 2. The lowest BCUT2D eigenvalue weighted by Gasteiger charge is -2.13. The molecule has 0 fully saturated rings. The summed E-state index contributed by atoms with van der Waals surface area (Å²) in [7, 11) is 0. The molecule has 0 radical (unpaired) electrons. The topological polar surface area (TPSA) is 81.8 Å². The van der Waals surface area contributed by atoms with Crippen molar-refractivity contribution >= 4 is 45.9 Å². The van der Waals surface area contributed by atoms with Crippen LogP contribution in [0.25, 0.3) is 10.9 Å². The first-order valence-electron chi connectivity index (χ1n) is 9.67. The minimum Gasteiger partial charge on any atom is -0.325 e. The highest BCUT2D eigenvalue weighted by Crippen LogP contribution is 2.19. The second kappa shape index (κ2) is 9.36. The predicted molar refractivity (Wildman–Crippen MR) is 124 cm³/mol. The first-order valence-corrected chi connectivity index (χ1v) is 11.0. The number of carbonyl (C=O) groups is 1. The Balaban J connectivity index is 1.57. The first kappa shape index (κ1) is 21.1. The van der Waals surface area contributed by atoms with E-state index < -0.39 is 0 Å². The molecule has 158 valence electrons. The molecule has 2 aromatic heterocycles. The first-order chi connectivity index (χ1) is 15.0. The molecule has 2 heterocycles. The summed E-state index contributed by atoms with van der Waals surface area (Å²) >= 11 is 7.17. The van der Waals surface area contributed by atoms with Crippen molar-refractivity contribution in [3.8, 4) is 0 Å². The zero-order valence-electron chi connectivity index (χ0n) is 16.8. The number of carbonyl (C=O) groups excluding carboxylic acids is 1. The van der Waals surface area contributed by atoms with Gasteiger partial charge in [0.15, 0.2) is 5.16 Å². The van der Waals surface area contributed by atoms with E-state index in [2.05, 4.69) is 15.4 Å². The maximum atomic E-state index is 13.1. The second-order valence-corrected chi connectivity index (χ2v) is 8.32. The van der Waals surface area contributed by atoms with Crippen molar-refractivity contribution < 1.29 is 4.79 Å². The van der Waals surface area contributed by atoms with Gasteiger partial charge < -0.3 is 5.32 Å². The monoisotopic (exact) mass is 453 g/mol. The Hall–Kier alpha value is -3.10. The van der Waals surface area contributed by atoms with Crippen LogP contribution in [0.5, 0.6) is 0 Å². The lowest BCUT2D eigenvalue weighted by molar-refractivity contribution is -0.113. The van der Waals surface area contributed by atoms with Crippen molar-refractivity contribution in [2.45, 2.75) is 25.2 Å². The molecule has 0 atom stereocenters. The van der Waals surface area contributed by atoms with Crippen molar-refractivity contribution in [1.29, 1.82) is 0 Å². The number of aryl methyl sites for hydroxylation is 2. The number of amides is 1. The van der Waals surface area contributed by atoms with E-state index in [0.717, 1.165) is 11.3 Å². The van der Waals surface area contributed by atoms with E-state index in [1.165, 1.54) is 11.8 Å². The summed E-state index contributed by atoms with van der Waals surface area (Å²) in [6.45, 7) is 2.75. The number of para-hydroxylation sites is 2. The van der Waals surface area contributed by atoms with Gasteiger partial charge in [-0.2, -0.15) is 5.10 Å². The maximum absolute atomic E-state index is 13.1. The Bertz CT molecular complexity index is 1300. The van der Waals surface area contributed by atoms with Crippen LogP contribution in [0, 0.1) is 6.92 Å². The molecular weight excluding hydrogens is 434 g/mol. The van der Waals surface area contributed by atoms with Crippen molar-refractivity contribution in [3.63, 3.8) is 0 Å². The van der Waals surface area contributed by atoms with Gasteiger partial charge in [-0.15, -0.1) is 0 Å². The standard InChI is InChI=1S/C22H20ClN5O2S/c1-15-6-2-4-8-18(15)25-20(29)14-31-22-26-19-9-5-3-7-17(19)21(30)28(22)11-10-27-13-16(23)12-24-27/h2-9,12-13H,10-11,14H2,1H3,(H,25,29). The molecule has 4 aromatic rings. The van der Waals surface area contributed by atoms with Crippen LogP contribution in [0.15, 0.2) is 70.9 Å². The molecule has 2 aromatic carbocycles. The molecule has 7 nitrogen and oxygen atoms in total. The number of nitrogens with one attached hydrogen (secondary N) is 1. The number of aromatic nitrogens is 4. The van der Waals surface area contributed by atoms with Crippen LogP contribution >= 0.6 is 23.4 Å². The van der Waals surface area contributed by atoms with Crippen LogP contribution in [-0.4, -0.2) is 31.0 Å². The summed E-state index contributed by atoms with van der Waals surface area (Å²) in [4.78, 5) is 30.3. The Labute approximate surface area is 188 Å². The molecule has 4 rings (SSSR count). The van der Waals surface area contributed by atoms with Gasteiger partial charge >= 0.3 is 0 Å². The van der Waals surface area contributed by atoms with Gasteiger partial charge in [0.05, 0.1) is 34.4 Å². The number of rotatable bonds is 7. The normalized spacial score (nSPS) is 11.0. The van der Waals surface area contributed by atoms with E-state index in [0.29, 0.717) is 34.2 Å². The third-order valence-corrected chi connectivity index (χ3v) is 5.90.